The summed E-state index contributed by atoms with van der Waals surface area (Å²) >= 11 is 0. The Morgan fingerprint density at radius 3 is 2.82 bits per heavy atom. The van der Waals surface area contributed by atoms with Gasteiger partial charge in [-0.25, -0.2) is 0 Å². The first-order valence-electron chi connectivity index (χ1n) is 3.46. The molecule has 2 nitrogen and oxygen atoms in total. The fourth-order valence-electron chi connectivity index (χ4n) is 1.17. The van der Waals surface area contributed by atoms with Gasteiger partial charge in [-0.1, -0.05) is 24.3 Å². The molecule has 0 fully saturated rings. The highest BCUT2D eigenvalue weighted by molar-refractivity contribution is 5.55. The number of para-hydroxylation sites is 1. The van der Waals surface area contributed by atoms with Crippen molar-refractivity contribution in [2.75, 3.05) is 5.32 Å². The van der Waals surface area contributed by atoms with Gasteiger partial charge < -0.3 is 11.5 Å². The van der Waals surface area contributed by atoms with E-state index < -0.39 is 0 Å². The van der Waals surface area contributed by atoms with E-state index in [2.05, 4.69) is 29.6 Å². The van der Waals surface area contributed by atoms with Crippen LogP contribution in [0.4, 0.5) is 5.69 Å². The van der Waals surface area contributed by atoms with Gasteiger partial charge in [0.15, 0.2) is 0 Å². The molecule has 0 radical (unpaired) electrons. The van der Waals surface area contributed by atoms with E-state index in [-0.39, 0.29) is 6.15 Å². The second-order valence-electron chi connectivity index (χ2n) is 2.41. The summed E-state index contributed by atoms with van der Waals surface area (Å²) in [6.45, 7) is 0. The van der Waals surface area contributed by atoms with Crippen LogP contribution in [0, 0.1) is 0 Å². The van der Waals surface area contributed by atoms with Gasteiger partial charge in [-0.05, 0) is 24.3 Å². The van der Waals surface area contributed by atoms with Crippen LogP contribution in [0.25, 0.3) is 0 Å². The zero-order valence-electron chi connectivity index (χ0n) is 6.38. The van der Waals surface area contributed by atoms with Crippen molar-refractivity contribution >= 4 is 5.69 Å². The highest BCUT2D eigenvalue weighted by atomic mass is 14.8. The first-order chi connectivity index (χ1) is 4.97. The molecule has 0 saturated carbocycles. The van der Waals surface area contributed by atoms with Gasteiger partial charge in [-0.2, -0.15) is 0 Å². The second kappa shape index (κ2) is 3.21. The van der Waals surface area contributed by atoms with E-state index in [1.165, 1.54) is 11.3 Å². The van der Waals surface area contributed by atoms with E-state index in [1.807, 2.05) is 12.3 Å². The van der Waals surface area contributed by atoms with Crippen LogP contribution in [0.2, 0.25) is 0 Å². The first-order valence-corrected chi connectivity index (χ1v) is 3.46. The molecule has 0 bridgehead atoms. The maximum Gasteiger partial charge on any atom is 0.0415 e. The molecule has 0 unspecified atom stereocenters. The second-order valence-corrected chi connectivity index (χ2v) is 2.41. The molecule has 2 rings (SSSR count). The number of benzene rings is 1. The quantitative estimate of drug-likeness (QED) is 0.593. The van der Waals surface area contributed by atoms with Crippen molar-refractivity contribution in [2.45, 2.75) is 6.42 Å². The Balaban J connectivity index is 0.000000605. The van der Waals surface area contributed by atoms with Crippen LogP contribution in [0.5, 0.6) is 0 Å². The van der Waals surface area contributed by atoms with Gasteiger partial charge in [-0.15, -0.1) is 0 Å². The Morgan fingerprint density at radius 1 is 1.18 bits per heavy atom. The van der Waals surface area contributed by atoms with Crippen LogP contribution < -0.4 is 11.5 Å². The van der Waals surface area contributed by atoms with Crippen molar-refractivity contribution in [3.63, 3.8) is 0 Å². The molecule has 0 amide bonds. The number of allylic oxidation sites excluding steroid dienone is 1. The van der Waals surface area contributed by atoms with E-state index in [1.54, 1.807) is 0 Å². The van der Waals surface area contributed by atoms with Crippen molar-refractivity contribution in [3.05, 3.63) is 42.1 Å². The Morgan fingerprint density at radius 2 is 2.00 bits per heavy atom. The van der Waals surface area contributed by atoms with Crippen LogP contribution in [0.3, 0.4) is 0 Å². The number of anilines is 1. The molecule has 1 aromatic rings. The monoisotopic (exact) mass is 148 g/mol. The fourth-order valence-corrected chi connectivity index (χ4v) is 1.17. The molecule has 0 aromatic heterocycles. The highest BCUT2D eigenvalue weighted by Crippen LogP contribution is 2.18. The first kappa shape index (κ1) is 7.82. The third-order valence-electron chi connectivity index (χ3n) is 1.71. The number of hydrogen-bond acceptors (Lipinski definition) is 2. The summed E-state index contributed by atoms with van der Waals surface area (Å²) in [5.41, 5.74) is 2.62. The molecular weight excluding hydrogens is 136 g/mol. The third-order valence-corrected chi connectivity index (χ3v) is 1.71. The third kappa shape index (κ3) is 1.41. The van der Waals surface area contributed by atoms with Gasteiger partial charge in [0, 0.05) is 5.69 Å². The largest absolute Gasteiger partial charge is 0.362 e. The zero-order chi connectivity index (χ0) is 6.81. The van der Waals surface area contributed by atoms with Crippen LogP contribution in [0.15, 0.2) is 36.5 Å². The minimum Gasteiger partial charge on any atom is -0.362 e. The van der Waals surface area contributed by atoms with E-state index in [4.69, 9.17) is 0 Å². The highest BCUT2D eigenvalue weighted by Gasteiger charge is 1.99. The molecule has 0 atom stereocenters. The van der Waals surface area contributed by atoms with Gasteiger partial charge in [0.05, 0.1) is 0 Å². The van der Waals surface area contributed by atoms with E-state index >= 15 is 0 Å². The average Bonchev–Trinajstić information content (AvgIpc) is 2.05. The van der Waals surface area contributed by atoms with Crippen molar-refractivity contribution < 1.29 is 0 Å². The van der Waals surface area contributed by atoms with Gasteiger partial charge in [-0.3, -0.25) is 0 Å². The molecule has 0 saturated heterocycles. The van der Waals surface area contributed by atoms with Gasteiger partial charge >= 0.3 is 0 Å². The van der Waals surface area contributed by atoms with Gasteiger partial charge in [0.2, 0.25) is 0 Å². The molecule has 1 aliphatic rings. The molecule has 1 aliphatic heterocycles. The molecular formula is C9H12N2. The van der Waals surface area contributed by atoms with Crippen molar-refractivity contribution in [1.29, 1.82) is 0 Å². The smallest absolute Gasteiger partial charge is 0.0415 e. The lowest BCUT2D eigenvalue weighted by Gasteiger charge is -2.10. The summed E-state index contributed by atoms with van der Waals surface area (Å²) in [6.07, 6.45) is 5.17. The molecule has 1 aromatic carbocycles. The fraction of sp³-hybridized carbons (Fsp3) is 0.111. The predicted molar refractivity (Wildman–Crippen MR) is 47.9 cm³/mol. The summed E-state index contributed by atoms with van der Waals surface area (Å²) < 4.78 is 0. The molecule has 1 heterocycles. The van der Waals surface area contributed by atoms with Crippen molar-refractivity contribution in [1.82, 2.24) is 6.15 Å². The maximum absolute atomic E-state index is 3.18. The van der Waals surface area contributed by atoms with Crippen molar-refractivity contribution in [3.8, 4) is 0 Å². The Labute approximate surface area is 66.5 Å². The molecule has 0 spiro atoms. The van der Waals surface area contributed by atoms with E-state index in [9.17, 15) is 0 Å². The summed E-state index contributed by atoms with van der Waals surface area (Å²) in [4.78, 5) is 0. The number of rotatable bonds is 0. The Bertz CT molecular complexity index is 239. The SMILES string of the molecule is C1=CNc2ccccc2C1.N. The minimum absolute atomic E-state index is 0. The topological polar surface area (TPSA) is 47.0 Å². The standard InChI is InChI=1S/C9H9N.H3N/c1-2-6-9-8(4-1)5-3-7-10-9;/h1-4,6-7,10H,5H2;1H3. The molecule has 2 heteroatoms. The summed E-state index contributed by atoms with van der Waals surface area (Å²) in [5.74, 6) is 0. The molecule has 4 N–H and O–H groups in total. The lowest BCUT2D eigenvalue weighted by Crippen LogP contribution is -1.98. The maximum atomic E-state index is 3.18. The van der Waals surface area contributed by atoms with Gasteiger partial charge in [0.1, 0.15) is 0 Å². The van der Waals surface area contributed by atoms with E-state index in [0.717, 1.165) is 6.42 Å². The lowest BCUT2D eigenvalue weighted by atomic mass is 10.1. The van der Waals surface area contributed by atoms with E-state index in [0.29, 0.717) is 0 Å². The van der Waals surface area contributed by atoms with Crippen molar-refractivity contribution in [2.24, 2.45) is 0 Å². The number of fused-ring (bicyclic) bond motifs is 1. The van der Waals surface area contributed by atoms with Gasteiger partial charge in [0.25, 0.3) is 0 Å². The predicted octanol–water partition coefficient (Wildman–Crippen LogP) is 2.33. The van der Waals surface area contributed by atoms with Crippen LogP contribution >= 0.6 is 0 Å². The molecule has 58 valence electrons. The average molecular weight is 148 g/mol. The number of hydrogen-bond donors (Lipinski definition) is 2. The zero-order valence-corrected chi connectivity index (χ0v) is 6.38. The molecule has 0 aliphatic carbocycles. The number of nitrogens with one attached hydrogen (secondary N) is 1. The lowest BCUT2D eigenvalue weighted by molar-refractivity contribution is 1.22. The summed E-state index contributed by atoms with van der Waals surface area (Å²) in [7, 11) is 0. The van der Waals surface area contributed by atoms with Crippen LogP contribution in [-0.2, 0) is 6.42 Å². The summed E-state index contributed by atoms with van der Waals surface area (Å²) in [6, 6.07) is 8.36. The van der Waals surface area contributed by atoms with Crippen LogP contribution in [0.1, 0.15) is 5.56 Å². The Hall–Kier alpha value is -1.28. The van der Waals surface area contributed by atoms with Crippen LogP contribution in [-0.4, -0.2) is 0 Å². The summed E-state index contributed by atoms with van der Waals surface area (Å²) in [5, 5.41) is 3.18. The minimum atomic E-state index is 0. The molecule has 11 heavy (non-hydrogen) atoms. The Kier molecular flexibility index (Phi) is 2.28. The normalized spacial score (nSPS) is 12.7.